The zero-order valence-electron chi connectivity index (χ0n) is 10.6. The highest BCUT2D eigenvalue weighted by Crippen LogP contribution is 2.15. The van der Waals surface area contributed by atoms with Crippen molar-refractivity contribution in [2.75, 3.05) is 0 Å². The quantitative estimate of drug-likeness (QED) is 0.438. The summed E-state index contributed by atoms with van der Waals surface area (Å²) in [5.74, 6) is 0. The standard InChI is InChI=1S/C13H26.C2H4/c1-2-4-6-8-10-12-13-11-9-7-5-3-1;1-2/h1-13H2;1-2H2. The van der Waals surface area contributed by atoms with Crippen molar-refractivity contribution in [3.8, 4) is 0 Å². The lowest BCUT2D eigenvalue weighted by molar-refractivity contribution is 0.562. The predicted octanol–water partition coefficient (Wildman–Crippen LogP) is 5.87. The van der Waals surface area contributed by atoms with Gasteiger partial charge >= 0.3 is 0 Å². The molecule has 1 aliphatic rings. The molecule has 0 aliphatic heterocycles. The first-order chi connectivity index (χ1) is 7.50. The van der Waals surface area contributed by atoms with E-state index in [1.54, 1.807) is 0 Å². The molecule has 0 aromatic heterocycles. The molecule has 15 heavy (non-hydrogen) atoms. The van der Waals surface area contributed by atoms with Crippen LogP contribution >= 0.6 is 0 Å². The van der Waals surface area contributed by atoms with Crippen molar-refractivity contribution < 1.29 is 0 Å². The highest BCUT2D eigenvalue weighted by atomic mass is 14.0. The average molecular weight is 210 g/mol. The molecule has 0 bridgehead atoms. The van der Waals surface area contributed by atoms with Gasteiger partial charge in [0.1, 0.15) is 0 Å². The van der Waals surface area contributed by atoms with E-state index >= 15 is 0 Å². The molecule has 0 amide bonds. The van der Waals surface area contributed by atoms with Crippen molar-refractivity contribution in [1.82, 2.24) is 0 Å². The summed E-state index contributed by atoms with van der Waals surface area (Å²) >= 11 is 0. The van der Waals surface area contributed by atoms with Crippen LogP contribution in [0.1, 0.15) is 83.5 Å². The van der Waals surface area contributed by atoms with Gasteiger partial charge in [-0.25, -0.2) is 0 Å². The van der Waals surface area contributed by atoms with Crippen LogP contribution in [0.25, 0.3) is 0 Å². The van der Waals surface area contributed by atoms with Gasteiger partial charge in [0.05, 0.1) is 0 Å². The average Bonchev–Trinajstić information content (AvgIpc) is 2.32. The van der Waals surface area contributed by atoms with Gasteiger partial charge in [0.25, 0.3) is 0 Å². The third kappa shape index (κ3) is 11.7. The van der Waals surface area contributed by atoms with Crippen LogP contribution < -0.4 is 0 Å². The van der Waals surface area contributed by atoms with E-state index in [4.69, 9.17) is 0 Å². The van der Waals surface area contributed by atoms with Crippen LogP contribution in [0.15, 0.2) is 13.2 Å². The lowest BCUT2D eigenvalue weighted by Gasteiger charge is -1.99. The first-order valence-electron chi connectivity index (χ1n) is 7.00. The first-order valence-corrected chi connectivity index (χ1v) is 7.00. The monoisotopic (exact) mass is 210 g/mol. The molecule has 0 N–H and O–H groups in total. The Morgan fingerprint density at radius 3 is 0.400 bits per heavy atom. The largest absolute Gasteiger partial charge is 0.106 e. The van der Waals surface area contributed by atoms with Gasteiger partial charge in [0, 0.05) is 0 Å². The van der Waals surface area contributed by atoms with E-state index in [0.29, 0.717) is 0 Å². The second-order valence-electron chi connectivity index (χ2n) is 4.60. The maximum Gasteiger partial charge on any atom is -0.0533 e. The van der Waals surface area contributed by atoms with Crippen molar-refractivity contribution in [1.29, 1.82) is 0 Å². The van der Waals surface area contributed by atoms with Gasteiger partial charge in [-0.05, 0) is 0 Å². The molecule has 0 aromatic rings. The summed E-state index contributed by atoms with van der Waals surface area (Å²) in [7, 11) is 0. The molecule has 1 rings (SSSR count). The summed E-state index contributed by atoms with van der Waals surface area (Å²) in [6.45, 7) is 6.00. The molecule has 0 unspecified atom stereocenters. The first kappa shape index (κ1) is 14.7. The van der Waals surface area contributed by atoms with Crippen LogP contribution in [-0.2, 0) is 0 Å². The summed E-state index contributed by atoms with van der Waals surface area (Å²) in [4.78, 5) is 0. The Kier molecular flexibility index (Phi) is 13.5. The molecule has 0 atom stereocenters. The summed E-state index contributed by atoms with van der Waals surface area (Å²) in [6.07, 6.45) is 19.5. The van der Waals surface area contributed by atoms with Crippen LogP contribution in [-0.4, -0.2) is 0 Å². The van der Waals surface area contributed by atoms with E-state index in [1.165, 1.54) is 83.5 Å². The molecule has 1 aliphatic carbocycles. The maximum atomic E-state index is 3.00. The molecule has 0 saturated heterocycles. The molecule has 1 fully saturated rings. The summed E-state index contributed by atoms with van der Waals surface area (Å²) in [5, 5.41) is 0. The van der Waals surface area contributed by atoms with Crippen LogP contribution in [0.4, 0.5) is 0 Å². The van der Waals surface area contributed by atoms with Crippen LogP contribution in [0, 0.1) is 0 Å². The van der Waals surface area contributed by atoms with Crippen molar-refractivity contribution in [3.63, 3.8) is 0 Å². The number of rotatable bonds is 0. The van der Waals surface area contributed by atoms with Gasteiger partial charge in [0.15, 0.2) is 0 Å². The molecule has 0 nitrogen and oxygen atoms in total. The molecule has 0 heterocycles. The molecular formula is C15H30. The van der Waals surface area contributed by atoms with Gasteiger partial charge in [-0.1, -0.05) is 83.5 Å². The van der Waals surface area contributed by atoms with E-state index in [2.05, 4.69) is 13.2 Å². The van der Waals surface area contributed by atoms with Gasteiger partial charge in [-0.2, -0.15) is 0 Å². The minimum absolute atomic E-state index is 1.50. The summed E-state index contributed by atoms with van der Waals surface area (Å²) < 4.78 is 0. The van der Waals surface area contributed by atoms with E-state index in [0.717, 1.165) is 0 Å². The molecular weight excluding hydrogens is 180 g/mol. The van der Waals surface area contributed by atoms with Gasteiger partial charge < -0.3 is 0 Å². The zero-order chi connectivity index (χ0) is 11.2. The topological polar surface area (TPSA) is 0 Å². The Bertz CT molecular complexity index is 58.5. The zero-order valence-corrected chi connectivity index (χ0v) is 10.6. The van der Waals surface area contributed by atoms with Gasteiger partial charge in [0.2, 0.25) is 0 Å². The Labute approximate surface area is 97.2 Å². The SMILES string of the molecule is C1CCCCCCCCCCCC1.C=C. The van der Waals surface area contributed by atoms with Crippen molar-refractivity contribution in [2.45, 2.75) is 83.5 Å². The molecule has 1 saturated carbocycles. The van der Waals surface area contributed by atoms with E-state index in [9.17, 15) is 0 Å². The van der Waals surface area contributed by atoms with E-state index in [-0.39, 0.29) is 0 Å². The Morgan fingerprint density at radius 1 is 0.267 bits per heavy atom. The van der Waals surface area contributed by atoms with Crippen LogP contribution in [0.2, 0.25) is 0 Å². The maximum absolute atomic E-state index is 3.00. The van der Waals surface area contributed by atoms with Crippen LogP contribution in [0.5, 0.6) is 0 Å². The molecule has 0 aromatic carbocycles. The predicted molar refractivity (Wildman–Crippen MR) is 71.3 cm³/mol. The van der Waals surface area contributed by atoms with E-state index < -0.39 is 0 Å². The van der Waals surface area contributed by atoms with E-state index in [1.807, 2.05) is 0 Å². The second-order valence-corrected chi connectivity index (χ2v) is 4.60. The molecule has 0 radical (unpaired) electrons. The van der Waals surface area contributed by atoms with Gasteiger partial charge in [-0.15, -0.1) is 13.2 Å². The Hall–Kier alpha value is -0.260. The highest BCUT2D eigenvalue weighted by molar-refractivity contribution is 4.51. The third-order valence-electron chi connectivity index (χ3n) is 3.25. The lowest BCUT2D eigenvalue weighted by atomic mass is 10.1. The van der Waals surface area contributed by atoms with Crippen molar-refractivity contribution in [3.05, 3.63) is 13.2 Å². The smallest absolute Gasteiger partial charge is 0.0533 e. The minimum Gasteiger partial charge on any atom is -0.106 e. The fourth-order valence-electron chi connectivity index (χ4n) is 2.30. The fraction of sp³-hybridized carbons (Fsp3) is 0.867. The fourth-order valence-corrected chi connectivity index (χ4v) is 2.30. The Morgan fingerprint density at radius 2 is 0.333 bits per heavy atom. The molecule has 90 valence electrons. The normalized spacial score (nSPS) is 21.1. The van der Waals surface area contributed by atoms with Crippen molar-refractivity contribution in [2.24, 2.45) is 0 Å². The number of hydrogen-bond acceptors (Lipinski definition) is 0. The third-order valence-corrected chi connectivity index (χ3v) is 3.25. The van der Waals surface area contributed by atoms with Gasteiger partial charge in [-0.3, -0.25) is 0 Å². The molecule has 0 heteroatoms. The highest BCUT2D eigenvalue weighted by Gasteiger charge is 1.96. The Balaban J connectivity index is 0.000000921. The van der Waals surface area contributed by atoms with Crippen LogP contribution in [0.3, 0.4) is 0 Å². The lowest BCUT2D eigenvalue weighted by Crippen LogP contribution is -1.80. The summed E-state index contributed by atoms with van der Waals surface area (Å²) in [5.41, 5.74) is 0. The number of hydrogen-bond donors (Lipinski definition) is 0. The summed E-state index contributed by atoms with van der Waals surface area (Å²) in [6, 6.07) is 0. The second kappa shape index (κ2) is 13.7. The molecule has 0 spiro atoms. The minimum atomic E-state index is 1.50. The van der Waals surface area contributed by atoms with Crippen molar-refractivity contribution >= 4 is 0 Å².